The summed E-state index contributed by atoms with van der Waals surface area (Å²) in [5.41, 5.74) is 3.15. The minimum absolute atomic E-state index is 0.00408. The average Bonchev–Trinajstić information content (AvgIpc) is 2.92. The predicted molar refractivity (Wildman–Crippen MR) is 98.3 cm³/mol. The molecule has 1 aromatic heterocycles. The molecule has 0 spiro atoms. The lowest BCUT2D eigenvalue weighted by Crippen LogP contribution is -2.35. The normalized spacial score (nSPS) is 19.8. The Kier molecular flexibility index (Phi) is 4.45. The monoisotopic (exact) mass is 369 g/mol. The first-order chi connectivity index (χ1) is 11.3. The van der Waals surface area contributed by atoms with Gasteiger partial charge < -0.3 is 20.7 Å². The van der Waals surface area contributed by atoms with Gasteiger partial charge in [-0.15, -0.1) is 0 Å². The molecule has 1 aromatic carbocycles. The van der Waals surface area contributed by atoms with Gasteiger partial charge in [0, 0.05) is 35.3 Å². The van der Waals surface area contributed by atoms with E-state index in [1.807, 2.05) is 6.92 Å². The van der Waals surface area contributed by atoms with E-state index in [1.165, 1.54) is 0 Å². The third-order valence-electron chi connectivity index (χ3n) is 4.64. The zero-order chi connectivity index (χ0) is 17.6. The van der Waals surface area contributed by atoms with E-state index >= 15 is 0 Å². The second-order valence-corrected chi connectivity index (χ2v) is 7.64. The molecule has 4 N–H and O–H groups in total. The Balaban J connectivity index is 2.38. The highest BCUT2D eigenvalue weighted by atomic mass is 35.5. The smallest absolute Gasteiger partial charge is 0.227 e. The highest BCUT2D eigenvalue weighted by Gasteiger charge is 2.36. The summed E-state index contributed by atoms with van der Waals surface area (Å²) in [5.74, 6) is -0.329. The lowest BCUT2D eigenvalue weighted by atomic mass is 9.84. The van der Waals surface area contributed by atoms with Crippen LogP contribution in [-0.2, 0) is 10.2 Å². The van der Waals surface area contributed by atoms with Crippen molar-refractivity contribution in [2.45, 2.75) is 32.1 Å². The number of amides is 1. The molecule has 1 unspecified atom stereocenters. The first kappa shape index (κ1) is 17.4. The van der Waals surface area contributed by atoms with E-state index in [-0.39, 0.29) is 23.8 Å². The van der Waals surface area contributed by atoms with Gasteiger partial charge in [0.05, 0.1) is 28.1 Å². The maximum Gasteiger partial charge on any atom is 0.227 e. The zero-order valence-corrected chi connectivity index (χ0v) is 15.4. The molecule has 0 fully saturated rings. The summed E-state index contributed by atoms with van der Waals surface area (Å²) < 4.78 is 0. The number of aromatic nitrogens is 1. The lowest BCUT2D eigenvalue weighted by molar-refractivity contribution is -0.122. The molecule has 5 nitrogen and oxygen atoms in total. The molecule has 1 amide bonds. The van der Waals surface area contributed by atoms with Crippen molar-refractivity contribution in [2.75, 3.05) is 25.0 Å². The number of rotatable bonds is 3. The number of aromatic amines is 1. The summed E-state index contributed by atoms with van der Waals surface area (Å²) in [7, 11) is 0. The van der Waals surface area contributed by atoms with Crippen molar-refractivity contribution >= 4 is 45.7 Å². The van der Waals surface area contributed by atoms with E-state index in [1.54, 1.807) is 6.07 Å². The molecule has 3 rings (SSSR count). The zero-order valence-electron chi connectivity index (χ0n) is 13.9. The maximum atomic E-state index is 12.4. The van der Waals surface area contributed by atoms with E-state index in [0.29, 0.717) is 23.1 Å². The molecule has 24 heavy (non-hydrogen) atoms. The van der Waals surface area contributed by atoms with Crippen LogP contribution >= 0.6 is 23.2 Å². The number of carbonyl (C=O) groups excluding carboxylic acids is 1. The first-order valence-corrected chi connectivity index (χ1v) is 8.70. The maximum absolute atomic E-state index is 12.4. The van der Waals surface area contributed by atoms with Gasteiger partial charge in [0.15, 0.2) is 0 Å². The third kappa shape index (κ3) is 2.65. The van der Waals surface area contributed by atoms with E-state index in [0.717, 1.165) is 27.8 Å². The van der Waals surface area contributed by atoms with Gasteiger partial charge >= 0.3 is 0 Å². The molecule has 0 saturated carbocycles. The molecular formula is C17H21Cl2N3O2. The largest absolute Gasteiger partial charge is 0.395 e. The van der Waals surface area contributed by atoms with Crippen LogP contribution in [-0.4, -0.2) is 35.7 Å². The van der Waals surface area contributed by atoms with Gasteiger partial charge in [-0.05, 0) is 18.6 Å². The van der Waals surface area contributed by atoms with Crippen LogP contribution in [0.1, 0.15) is 37.9 Å². The number of hydrogen-bond acceptors (Lipinski definition) is 3. The Labute approximate surface area is 150 Å². The van der Waals surface area contributed by atoms with Crippen molar-refractivity contribution < 1.29 is 9.90 Å². The SMILES string of the molecule is CC1C(=O)NCC(C)(C)c2[nH]c3c(Cl)c(Cl)cc(NCCO)c3c21. The molecule has 1 aliphatic rings. The van der Waals surface area contributed by atoms with Crippen LogP contribution in [0.4, 0.5) is 5.69 Å². The lowest BCUT2D eigenvalue weighted by Gasteiger charge is -2.22. The van der Waals surface area contributed by atoms with E-state index in [9.17, 15) is 4.79 Å². The van der Waals surface area contributed by atoms with Crippen molar-refractivity contribution in [1.82, 2.24) is 10.3 Å². The fraction of sp³-hybridized carbons (Fsp3) is 0.471. The van der Waals surface area contributed by atoms with Crippen LogP contribution in [0.3, 0.4) is 0 Å². The van der Waals surface area contributed by atoms with E-state index in [2.05, 4.69) is 29.5 Å². The molecule has 0 saturated heterocycles. The number of fused-ring (bicyclic) bond motifs is 3. The van der Waals surface area contributed by atoms with Gasteiger partial charge in [-0.1, -0.05) is 37.0 Å². The minimum atomic E-state index is -0.317. The fourth-order valence-corrected chi connectivity index (χ4v) is 3.72. The number of aliphatic hydroxyl groups is 1. The number of nitrogens with one attached hydrogen (secondary N) is 3. The summed E-state index contributed by atoms with van der Waals surface area (Å²) >= 11 is 12.7. The standard InChI is InChI=1S/C17H21Cl2N3O2/c1-8-11-12-10(20-4-5-23)6-9(18)13(19)14(12)22-15(11)17(2,3)7-21-16(8)24/h6,8,20,22-23H,4-5,7H2,1-3H3,(H,21,24). The van der Waals surface area contributed by atoms with Gasteiger partial charge in [-0.2, -0.15) is 0 Å². The van der Waals surface area contributed by atoms with Gasteiger partial charge in [-0.3, -0.25) is 4.79 Å². The van der Waals surface area contributed by atoms with Crippen molar-refractivity contribution in [2.24, 2.45) is 0 Å². The minimum Gasteiger partial charge on any atom is -0.395 e. The Morgan fingerprint density at radius 1 is 1.42 bits per heavy atom. The van der Waals surface area contributed by atoms with Gasteiger partial charge in [0.2, 0.25) is 5.91 Å². The Morgan fingerprint density at radius 2 is 2.12 bits per heavy atom. The van der Waals surface area contributed by atoms with Crippen LogP contribution in [0.2, 0.25) is 10.0 Å². The Morgan fingerprint density at radius 3 is 2.79 bits per heavy atom. The van der Waals surface area contributed by atoms with Crippen LogP contribution in [0.15, 0.2) is 6.07 Å². The van der Waals surface area contributed by atoms with Crippen LogP contribution in [0.25, 0.3) is 10.9 Å². The quantitative estimate of drug-likeness (QED) is 0.669. The van der Waals surface area contributed by atoms with Gasteiger partial charge in [-0.25, -0.2) is 0 Å². The predicted octanol–water partition coefficient (Wildman–Crippen LogP) is 3.39. The number of H-pyrrole nitrogens is 1. The second kappa shape index (κ2) is 6.14. The Hall–Kier alpha value is -1.43. The second-order valence-electron chi connectivity index (χ2n) is 6.86. The Bertz CT molecular complexity index is 814. The van der Waals surface area contributed by atoms with Gasteiger partial charge in [0.25, 0.3) is 0 Å². The van der Waals surface area contributed by atoms with Crippen molar-refractivity contribution in [1.29, 1.82) is 0 Å². The molecule has 0 aliphatic carbocycles. The molecule has 7 heteroatoms. The summed E-state index contributed by atoms with van der Waals surface area (Å²) in [6.07, 6.45) is 0. The molecule has 130 valence electrons. The number of carbonyl (C=O) groups is 1. The number of aliphatic hydroxyl groups excluding tert-OH is 1. The highest BCUT2D eigenvalue weighted by molar-refractivity contribution is 6.45. The van der Waals surface area contributed by atoms with Gasteiger partial charge in [0.1, 0.15) is 0 Å². The fourth-order valence-electron chi connectivity index (χ4n) is 3.32. The third-order valence-corrected chi connectivity index (χ3v) is 5.43. The van der Waals surface area contributed by atoms with Crippen molar-refractivity contribution in [3.63, 3.8) is 0 Å². The molecule has 1 aliphatic heterocycles. The topological polar surface area (TPSA) is 77.2 Å². The molecular weight excluding hydrogens is 349 g/mol. The first-order valence-electron chi connectivity index (χ1n) is 7.94. The number of benzene rings is 1. The van der Waals surface area contributed by atoms with Crippen molar-refractivity contribution in [3.05, 3.63) is 27.4 Å². The van der Waals surface area contributed by atoms with E-state index in [4.69, 9.17) is 28.3 Å². The van der Waals surface area contributed by atoms with E-state index < -0.39 is 0 Å². The molecule has 2 aromatic rings. The summed E-state index contributed by atoms with van der Waals surface area (Å²) in [5, 5.41) is 17.0. The number of hydrogen-bond donors (Lipinski definition) is 4. The van der Waals surface area contributed by atoms with Crippen LogP contribution in [0.5, 0.6) is 0 Å². The highest BCUT2D eigenvalue weighted by Crippen LogP contribution is 2.45. The summed E-state index contributed by atoms with van der Waals surface area (Å²) in [6, 6.07) is 1.75. The molecule has 0 bridgehead atoms. The van der Waals surface area contributed by atoms with Crippen LogP contribution in [0, 0.1) is 0 Å². The summed E-state index contributed by atoms with van der Waals surface area (Å²) in [6.45, 7) is 6.97. The number of halogens is 2. The average molecular weight is 370 g/mol. The molecule has 0 radical (unpaired) electrons. The van der Waals surface area contributed by atoms with Crippen molar-refractivity contribution in [3.8, 4) is 0 Å². The number of anilines is 1. The van der Waals surface area contributed by atoms with Crippen LogP contribution < -0.4 is 10.6 Å². The summed E-state index contributed by atoms with van der Waals surface area (Å²) in [4.78, 5) is 15.9. The molecule has 1 atom stereocenters. The molecule has 2 heterocycles.